The van der Waals surface area contributed by atoms with Crippen molar-refractivity contribution in [1.82, 2.24) is 15.3 Å². The van der Waals surface area contributed by atoms with Crippen molar-refractivity contribution in [2.24, 2.45) is 0 Å². The van der Waals surface area contributed by atoms with E-state index in [-0.39, 0.29) is 11.9 Å². The molecule has 0 saturated carbocycles. The molecule has 2 heterocycles. The monoisotopic (exact) mass is 465 g/mol. The third-order valence-electron chi connectivity index (χ3n) is 4.58. The minimum atomic E-state index is -3.27. The van der Waals surface area contributed by atoms with Crippen molar-refractivity contribution in [2.45, 2.75) is 38.0 Å². The Kier molecular flexibility index (Phi) is 7.64. The van der Waals surface area contributed by atoms with Gasteiger partial charge in [0.2, 0.25) is 5.82 Å². The van der Waals surface area contributed by atoms with Crippen LogP contribution in [-0.2, 0) is 14.6 Å². The molecule has 1 N–H and O–H groups in total. The highest BCUT2D eigenvalue weighted by Gasteiger charge is 2.31. The van der Waals surface area contributed by atoms with E-state index in [4.69, 9.17) is 21.1 Å². The van der Waals surface area contributed by atoms with Crippen LogP contribution in [0.15, 0.2) is 48.1 Å². The molecular formula is C21H24ClN3O5S. The van der Waals surface area contributed by atoms with E-state index in [1.165, 1.54) is 18.5 Å². The molecule has 0 radical (unpaired) electrons. The van der Waals surface area contributed by atoms with E-state index >= 15 is 0 Å². The van der Waals surface area contributed by atoms with Crippen molar-refractivity contribution in [1.29, 1.82) is 0 Å². The van der Waals surface area contributed by atoms with Crippen molar-refractivity contribution < 1.29 is 22.7 Å². The standard InChI is InChI=1S/C21H24ClN3O5S/c1-14(9-11-31(2,27)28)25-21(26)20-23-12-15(13-24-20)30-19(18-8-5-10-29-18)16-6-3-4-7-17(16)22/h3-4,6-7,9,11-14,18-19H,5,8,10H2,1-2H3,(H,25,26)/b11-9+/t14-,18-,19-/m1/s1. The minimum Gasteiger partial charge on any atom is -0.480 e. The van der Waals surface area contributed by atoms with E-state index < -0.39 is 27.9 Å². The first-order chi connectivity index (χ1) is 14.7. The Balaban J connectivity index is 1.70. The van der Waals surface area contributed by atoms with Gasteiger partial charge in [-0.05, 0) is 25.8 Å². The van der Waals surface area contributed by atoms with E-state index in [9.17, 15) is 13.2 Å². The van der Waals surface area contributed by atoms with Crippen LogP contribution < -0.4 is 10.1 Å². The van der Waals surface area contributed by atoms with Crippen LogP contribution in [0.4, 0.5) is 0 Å². The van der Waals surface area contributed by atoms with Gasteiger partial charge in [0.05, 0.1) is 18.5 Å². The maximum atomic E-state index is 12.3. The highest BCUT2D eigenvalue weighted by molar-refractivity contribution is 7.93. The number of sulfone groups is 1. The SMILES string of the molecule is C[C@H](/C=C/S(C)(=O)=O)NC(=O)c1ncc(O[C@H](c2ccccc2Cl)[C@H]2CCCO2)cn1. The molecule has 0 aliphatic carbocycles. The molecule has 0 spiro atoms. The predicted octanol–water partition coefficient (Wildman–Crippen LogP) is 3.11. The molecule has 3 atom stereocenters. The maximum Gasteiger partial charge on any atom is 0.289 e. The second kappa shape index (κ2) is 10.2. The van der Waals surface area contributed by atoms with Crippen LogP contribution in [0, 0.1) is 0 Å². The number of ether oxygens (including phenoxy) is 2. The lowest BCUT2D eigenvalue weighted by atomic mass is 10.0. The molecule has 1 aromatic heterocycles. The summed E-state index contributed by atoms with van der Waals surface area (Å²) in [7, 11) is -3.27. The van der Waals surface area contributed by atoms with Crippen molar-refractivity contribution in [2.75, 3.05) is 12.9 Å². The zero-order valence-electron chi connectivity index (χ0n) is 17.2. The van der Waals surface area contributed by atoms with Gasteiger partial charge < -0.3 is 14.8 Å². The van der Waals surface area contributed by atoms with E-state index in [0.717, 1.165) is 30.1 Å². The molecule has 8 nitrogen and oxygen atoms in total. The lowest BCUT2D eigenvalue weighted by Crippen LogP contribution is -2.32. The van der Waals surface area contributed by atoms with Crippen LogP contribution in [0.2, 0.25) is 5.02 Å². The molecule has 2 aromatic rings. The number of amides is 1. The number of carbonyl (C=O) groups is 1. The topological polar surface area (TPSA) is 107 Å². The van der Waals surface area contributed by atoms with Gasteiger partial charge in [0.1, 0.15) is 0 Å². The Morgan fingerprint density at radius 1 is 1.32 bits per heavy atom. The van der Waals surface area contributed by atoms with Crippen molar-refractivity contribution in [3.05, 3.63) is 64.6 Å². The zero-order chi connectivity index (χ0) is 22.4. The molecule has 0 unspecified atom stereocenters. The normalized spacial score (nSPS) is 18.6. The maximum absolute atomic E-state index is 12.3. The number of hydrogen-bond acceptors (Lipinski definition) is 7. The molecule has 10 heteroatoms. The van der Waals surface area contributed by atoms with Crippen molar-refractivity contribution >= 4 is 27.3 Å². The van der Waals surface area contributed by atoms with Crippen LogP contribution >= 0.6 is 11.6 Å². The number of halogens is 1. The third kappa shape index (κ3) is 6.75. The number of carbonyl (C=O) groups excluding carboxylic acids is 1. The molecule has 1 fully saturated rings. The number of benzene rings is 1. The zero-order valence-corrected chi connectivity index (χ0v) is 18.8. The van der Waals surface area contributed by atoms with Gasteiger partial charge in [-0.2, -0.15) is 0 Å². The molecule has 3 rings (SSSR count). The van der Waals surface area contributed by atoms with E-state index in [2.05, 4.69) is 15.3 Å². The molecule has 1 saturated heterocycles. The highest BCUT2D eigenvalue weighted by Crippen LogP contribution is 2.34. The number of nitrogens with one attached hydrogen (secondary N) is 1. The summed E-state index contributed by atoms with van der Waals surface area (Å²) in [5, 5.41) is 4.23. The van der Waals surface area contributed by atoms with Gasteiger partial charge in [0.25, 0.3) is 5.91 Å². The second-order valence-electron chi connectivity index (χ2n) is 7.27. The summed E-state index contributed by atoms with van der Waals surface area (Å²) in [6, 6.07) is 6.91. The van der Waals surface area contributed by atoms with Crippen LogP contribution in [-0.4, -0.2) is 49.3 Å². The van der Waals surface area contributed by atoms with Gasteiger partial charge in [-0.15, -0.1) is 0 Å². The molecule has 1 aromatic carbocycles. The Bertz CT molecular complexity index is 1040. The van der Waals surface area contributed by atoms with Crippen molar-refractivity contribution in [3.63, 3.8) is 0 Å². The third-order valence-corrected chi connectivity index (χ3v) is 5.58. The van der Waals surface area contributed by atoms with Crippen LogP contribution in [0.3, 0.4) is 0 Å². The summed E-state index contributed by atoms with van der Waals surface area (Å²) in [5.74, 6) is -0.209. The molecule has 166 valence electrons. The molecule has 1 amide bonds. The molecule has 31 heavy (non-hydrogen) atoms. The number of rotatable bonds is 8. The summed E-state index contributed by atoms with van der Waals surface area (Å²) in [6.07, 6.45) is 6.49. The van der Waals surface area contributed by atoms with Crippen molar-refractivity contribution in [3.8, 4) is 5.75 Å². The van der Waals surface area contributed by atoms with Gasteiger partial charge >= 0.3 is 0 Å². The first-order valence-corrected chi connectivity index (χ1v) is 12.1. The molecule has 1 aliphatic rings. The van der Waals surface area contributed by atoms with E-state index in [1.807, 2.05) is 18.2 Å². The van der Waals surface area contributed by atoms with E-state index in [0.29, 0.717) is 17.4 Å². The quantitative estimate of drug-likeness (QED) is 0.638. The summed E-state index contributed by atoms with van der Waals surface area (Å²) >= 11 is 6.37. The van der Waals surface area contributed by atoms with E-state index in [1.54, 1.807) is 13.0 Å². The Morgan fingerprint density at radius 3 is 2.65 bits per heavy atom. The molecular weight excluding hydrogens is 442 g/mol. The molecule has 0 bridgehead atoms. The number of nitrogens with zero attached hydrogens (tertiary/aromatic N) is 2. The number of hydrogen-bond donors (Lipinski definition) is 1. The van der Waals surface area contributed by atoms with Gasteiger partial charge in [-0.25, -0.2) is 18.4 Å². The van der Waals surface area contributed by atoms with Crippen LogP contribution in [0.25, 0.3) is 0 Å². The summed E-state index contributed by atoms with van der Waals surface area (Å²) < 4.78 is 34.3. The lowest BCUT2D eigenvalue weighted by Gasteiger charge is -2.25. The predicted molar refractivity (Wildman–Crippen MR) is 117 cm³/mol. The van der Waals surface area contributed by atoms with Crippen LogP contribution in [0.5, 0.6) is 5.75 Å². The largest absolute Gasteiger partial charge is 0.480 e. The van der Waals surface area contributed by atoms with Crippen LogP contribution in [0.1, 0.15) is 42.1 Å². The molecule has 1 aliphatic heterocycles. The average Bonchev–Trinajstić information content (AvgIpc) is 3.26. The first-order valence-electron chi connectivity index (χ1n) is 9.77. The second-order valence-corrected chi connectivity index (χ2v) is 9.61. The van der Waals surface area contributed by atoms with Gasteiger partial charge in [-0.1, -0.05) is 35.9 Å². The fourth-order valence-electron chi connectivity index (χ4n) is 3.11. The Morgan fingerprint density at radius 2 is 2.03 bits per heavy atom. The average molecular weight is 466 g/mol. The fourth-order valence-corrected chi connectivity index (χ4v) is 3.87. The summed E-state index contributed by atoms with van der Waals surface area (Å²) in [6.45, 7) is 2.31. The minimum absolute atomic E-state index is 0.0571. The fraction of sp³-hybridized carbons (Fsp3) is 0.381. The van der Waals surface area contributed by atoms with Gasteiger partial charge in [0, 0.05) is 34.9 Å². The lowest BCUT2D eigenvalue weighted by molar-refractivity contribution is 0.0109. The first kappa shape index (κ1) is 23.2. The Labute approximate surface area is 186 Å². The Hall–Kier alpha value is -2.49. The highest BCUT2D eigenvalue weighted by atomic mass is 35.5. The summed E-state index contributed by atoms with van der Waals surface area (Å²) in [5.41, 5.74) is 0.810. The summed E-state index contributed by atoms with van der Waals surface area (Å²) in [4.78, 5) is 20.4. The number of aromatic nitrogens is 2. The van der Waals surface area contributed by atoms with Gasteiger partial charge in [0.15, 0.2) is 21.7 Å². The van der Waals surface area contributed by atoms with Gasteiger partial charge in [-0.3, -0.25) is 4.79 Å². The smallest absolute Gasteiger partial charge is 0.289 e.